The summed E-state index contributed by atoms with van der Waals surface area (Å²) in [5.41, 5.74) is 0.304. The summed E-state index contributed by atoms with van der Waals surface area (Å²) in [6.07, 6.45) is 5.66. The average Bonchev–Trinajstić information content (AvgIpc) is 2.49. The van der Waals surface area contributed by atoms with E-state index < -0.39 is 0 Å². The molecule has 0 radical (unpaired) electrons. The summed E-state index contributed by atoms with van der Waals surface area (Å²) in [6, 6.07) is 1.26. The first-order valence-electron chi connectivity index (χ1n) is 9.10. The Hall–Kier alpha value is -0.120. The third kappa shape index (κ3) is 3.80. The zero-order valence-corrected chi connectivity index (χ0v) is 14.8. The Labute approximate surface area is 131 Å². The van der Waals surface area contributed by atoms with Gasteiger partial charge < -0.3 is 15.0 Å². The van der Waals surface area contributed by atoms with Crippen LogP contribution in [0.3, 0.4) is 0 Å². The number of hydrogen-bond acceptors (Lipinski definition) is 3. The minimum Gasteiger partial charge on any atom is -0.377 e. The van der Waals surface area contributed by atoms with Gasteiger partial charge in [0, 0.05) is 30.0 Å². The van der Waals surface area contributed by atoms with Crippen LogP contribution in [0.25, 0.3) is 0 Å². The average molecular weight is 296 g/mol. The molecule has 4 unspecified atom stereocenters. The molecule has 2 fully saturated rings. The molecule has 1 N–H and O–H groups in total. The Bertz CT molecular complexity index is 314. The largest absolute Gasteiger partial charge is 0.377 e. The van der Waals surface area contributed by atoms with Gasteiger partial charge in [0.2, 0.25) is 0 Å². The molecule has 0 spiro atoms. The quantitative estimate of drug-likeness (QED) is 0.744. The van der Waals surface area contributed by atoms with Crippen molar-refractivity contribution in [3.05, 3.63) is 0 Å². The van der Waals surface area contributed by atoms with Crippen molar-refractivity contribution >= 4 is 0 Å². The molecule has 0 aromatic carbocycles. The van der Waals surface area contributed by atoms with Gasteiger partial charge in [0.05, 0.1) is 6.10 Å². The number of nitrogens with one attached hydrogen (secondary N) is 1. The molecule has 1 saturated carbocycles. The molecule has 1 saturated heterocycles. The van der Waals surface area contributed by atoms with Gasteiger partial charge in [-0.05, 0) is 52.2 Å². The fourth-order valence-corrected chi connectivity index (χ4v) is 4.41. The monoisotopic (exact) mass is 296 g/mol. The number of fused-ring (bicyclic) bond motifs is 1. The fraction of sp³-hybridized carbons (Fsp3) is 1.00. The lowest BCUT2D eigenvalue weighted by Gasteiger charge is -2.60. The molecule has 3 heteroatoms. The standard InChI is InChI=1S/C18H36N2O/c1-6-20(7-2)12-8-10-14(3)19-16-15-11-9-13-21-17(15)18(16,4)5/h14-17,19H,6-13H2,1-5H3. The molecule has 1 aliphatic carbocycles. The highest BCUT2D eigenvalue weighted by atomic mass is 16.5. The molecule has 0 aromatic rings. The van der Waals surface area contributed by atoms with Crippen LogP contribution in [0.5, 0.6) is 0 Å². The number of rotatable bonds is 8. The lowest BCUT2D eigenvalue weighted by atomic mass is 9.55. The lowest BCUT2D eigenvalue weighted by molar-refractivity contribution is -0.194. The van der Waals surface area contributed by atoms with Crippen molar-refractivity contribution in [1.82, 2.24) is 10.2 Å². The predicted molar refractivity (Wildman–Crippen MR) is 89.7 cm³/mol. The van der Waals surface area contributed by atoms with Crippen LogP contribution in [0.2, 0.25) is 0 Å². The second kappa shape index (κ2) is 7.43. The van der Waals surface area contributed by atoms with Crippen LogP contribution in [0.4, 0.5) is 0 Å². The number of ether oxygens (including phenoxy) is 1. The number of nitrogens with zero attached hydrogens (tertiary/aromatic N) is 1. The van der Waals surface area contributed by atoms with Crippen LogP contribution in [0.1, 0.15) is 60.3 Å². The van der Waals surface area contributed by atoms with E-state index in [2.05, 4.69) is 44.8 Å². The molecule has 124 valence electrons. The van der Waals surface area contributed by atoms with Gasteiger partial charge in [-0.2, -0.15) is 0 Å². The molecule has 2 rings (SSSR count). The maximum Gasteiger partial charge on any atom is 0.0684 e. The normalized spacial score (nSPS) is 32.6. The summed E-state index contributed by atoms with van der Waals surface area (Å²) in [4.78, 5) is 2.52. The van der Waals surface area contributed by atoms with Crippen molar-refractivity contribution in [3.63, 3.8) is 0 Å². The van der Waals surface area contributed by atoms with Gasteiger partial charge >= 0.3 is 0 Å². The van der Waals surface area contributed by atoms with Crippen LogP contribution in [0, 0.1) is 11.3 Å². The van der Waals surface area contributed by atoms with Gasteiger partial charge in [0.15, 0.2) is 0 Å². The van der Waals surface area contributed by atoms with Gasteiger partial charge in [-0.25, -0.2) is 0 Å². The molecular weight excluding hydrogens is 260 g/mol. The topological polar surface area (TPSA) is 24.5 Å². The smallest absolute Gasteiger partial charge is 0.0684 e. The third-order valence-electron chi connectivity index (χ3n) is 5.80. The van der Waals surface area contributed by atoms with E-state index in [4.69, 9.17) is 4.74 Å². The van der Waals surface area contributed by atoms with Crippen LogP contribution >= 0.6 is 0 Å². The summed E-state index contributed by atoms with van der Waals surface area (Å²) in [5.74, 6) is 0.749. The van der Waals surface area contributed by atoms with Crippen molar-refractivity contribution in [2.24, 2.45) is 11.3 Å². The molecular formula is C18H36N2O. The van der Waals surface area contributed by atoms with E-state index in [-0.39, 0.29) is 0 Å². The van der Waals surface area contributed by atoms with E-state index in [1.54, 1.807) is 0 Å². The molecule has 4 atom stereocenters. The summed E-state index contributed by atoms with van der Waals surface area (Å²) in [5, 5.41) is 3.92. The van der Waals surface area contributed by atoms with Crippen molar-refractivity contribution in [2.75, 3.05) is 26.2 Å². The molecule has 1 aliphatic heterocycles. The van der Waals surface area contributed by atoms with Crippen molar-refractivity contribution in [3.8, 4) is 0 Å². The van der Waals surface area contributed by atoms with E-state index in [0.29, 0.717) is 23.6 Å². The van der Waals surface area contributed by atoms with Crippen LogP contribution in [-0.2, 0) is 4.74 Å². The SMILES string of the molecule is CCN(CC)CCCC(C)NC1C2CCCOC2C1(C)C. The first-order valence-corrected chi connectivity index (χ1v) is 9.10. The Kier molecular flexibility index (Phi) is 6.10. The highest BCUT2D eigenvalue weighted by Gasteiger charge is 2.57. The van der Waals surface area contributed by atoms with Crippen molar-refractivity contribution < 1.29 is 4.74 Å². The summed E-state index contributed by atoms with van der Waals surface area (Å²) in [7, 11) is 0. The predicted octanol–water partition coefficient (Wildman–Crippen LogP) is 3.29. The molecule has 3 nitrogen and oxygen atoms in total. The molecule has 2 aliphatic rings. The Morgan fingerprint density at radius 3 is 2.67 bits per heavy atom. The van der Waals surface area contributed by atoms with Gasteiger partial charge in [0.1, 0.15) is 0 Å². The molecule has 0 bridgehead atoms. The van der Waals surface area contributed by atoms with E-state index in [0.717, 1.165) is 12.5 Å². The highest BCUT2D eigenvalue weighted by molar-refractivity contribution is 5.10. The first-order chi connectivity index (χ1) is 10.0. The zero-order valence-electron chi connectivity index (χ0n) is 14.8. The van der Waals surface area contributed by atoms with Gasteiger partial charge in [-0.1, -0.05) is 27.7 Å². The second-order valence-corrected chi connectivity index (χ2v) is 7.63. The number of hydrogen-bond donors (Lipinski definition) is 1. The fourth-order valence-electron chi connectivity index (χ4n) is 4.41. The maximum absolute atomic E-state index is 6.00. The van der Waals surface area contributed by atoms with Crippen LogP contribution in [0.15, 0.2) is 0 Å². The van der Waals surface area contributed by atoms with Gasteiger partial charge in [-0.15, -0.1) is 0 Å². The third-order valence-corrected chi connectivity index (χ3v) is 5.80. The van der Waals surface area contributed by atoms with Crippen LogP contribution < -0.4 is 5.32 Å². The summed E-state index contributed by atoms with van der Waals surface area (Å²) in [6.45, 7) is 16.2. The van der Waals surface area contributed by atoms with Crippen LogP contribution in [-0.4, -0.2) is 49.3 Å². The Balaban J connectivity index is 1.73. The van der Waals surface area contributed by atoms with Gasteiger partial charge in [0.25, 0.3) is 0 Å². The second-order valence-electron chi connectivity index (χ2n) is 7.63. The first kappa shape index (κ1) is 17.2. The summed E-state index contributed by atoms with van der Waals surface area (Å²) < 4.78 is 6.00. The van der Waals surface area contributed by atoms with E-state index in [1.807, 2.05) is 0 Å². The Morgan fingerprint density at radius 1 is 1.29 bits per heavy atom. The minimum atomic E-state index is 0.304. The maximum atomic E-state index is 6.00. The lowest BCUT2D eigenvalue weighted by Crippen LogP contribution is -2.70. The molecule has 0 aromatic heterocycles. The zero-order chi connectivity index (χ0) is 15.5. The van der Waals surface area contributed by atoms with E-state index in [9.17, 15) is 0 Å². The summed E-state index contributed by atoms with van der Waals surface area (Å²) >= 11 is 0. The minimum absolute atomic E-state index is 0.304. The highest BCUT2D eigenvalue weighted by Crippen LogP contribution is 2.51. The molecule has 21 heavy (non-hydrogen) atoms. The Morgan fingerprint density at radius 2 is 2.00 bits per heavy atom. The molecule has 0 amide bonds. The molecule has 1 heterocycles. The van der Waals surface area contributed by atoms with Crippen molar-refractivity contribution in [1.29, 1.82) is 0 Å². The van der Waals surface area contributed by atoms with E-state index >= 15 is 0 Å². The van der Waals surface area contributed by atoms with Gasteiger partial charge in [-0.3, -0.25) is 0 Å². The van der Waals surface area contributed by atoms with E-state index in [1.165, 1.54) is 45.3 Å². The van der Waals surface area contributed by atoms with Crippen molar-refractivity contribution in [2.45, 2.75) is 78.5 Å².